The van der Waals surface area contributed by atoms with Crippen molar-refractivity contribution in [3.05, 3.63) is 44.6 Å². The van der Waals surface area contributed by atoms with Crippen LogP contribution in [-0.4, -0.2) is 19.7 Å². The molecule has 2 aromatic rings. The topological polar surface area (TPSA) is 107 Å². The molecule has 0 radical (unpaired) electrons. The van der Waals surface area contributed by atoms with Gasteiger partial charge in [0.15, 0.2) is 5.16 Å². The number of nitrogens with one attached hydrogen (secondary N) is 1. The number of nitrogens with zero attached hydrogens (tertiary/aromatic N) is 3. The Hall–Kier alpha value is -1.93. The van der Waals surface area contributed by atoms with E-state index in [2.05, 4.69) is 15.1 Å². The van der Waals surface area contributed by atoms with Crippen molar-refractivity contribution in [2.45, 2.75) is 16.7 Å². The molecule has 3 N–H and O–H groups in total. The van der Waals surface area contributed by atoms with Crippen LogP contribution in [0.3, 0.4) is 0 Å². The van der Waals surface area contributed by atoms with Crippen molar-refractivity contribution in [2.75, 3.05) is 0 Å². The van der Waals surface area contributed by atoms with E-state index in [9.17, 15) is 9.59 Å². The van der Waals surface area contributed by atoms with Gasteiger partial charge < -0.3 is 5.73 Å². The van der Waals surface area contributed by atoms with Crippen LogP contribution in [0.5, 0.6) is 0 Å². The number of aromatic amines is 1. The molecule has 0 atom stereocenters. The van der Waals surface area contributed by atoms with Crippen molar-refractivity contribution in [3.8, 4) is 0 Å². The van der Waals surface area contributed by atoms with Gasteiger partial charge in [0.1, 0.15) is 5.03 Å². The third-order valence-electron chi connectivity index (χ3n) is 2.21. The van der Waals surface area contributed by atoms with Gasteiger partial charge in [-0.05, 0) is 23.4 Å². The van der Waals surface area contributed by atoms with Gasteiger partial charge in [-0.2, -0.15) is 4.98 Å². The molecule has 2 heterocycles. The first-order valence-electron chi connectivity index (χ1n) is 5.11. The van der Waals surface area contributed by atoms with E-state index in [1.165, 1.54) is 16.4 Å². The van der Waals surface area contributed by atoms with Gasteiger partial charge >= 0.3 is 11.1 Å². The fourth-order valence-electron chi connectivity index (χ4n) is 1.31. The Labute approximate surface area is 106 Å². The number of nitrogens with two attached hydrogens (primary N) is 1. The molecule has 0 amide bonds. The Kier molecular flexibility index (Phi) is 3.58. The Morgan fingerprint density at radius 1 is 1.50 bits per heavy atom. The molecule has 0 aliphatic carbocycles. The van der Waals surface area contributed by atoms with Crippen molar-refractivity contribution in [3.63, 3.8) is 0 Å². The van der Waals surface area contributed by atoms with Gasteiger partial charge in [0.25, 0.3) is 0 Å². The number of hydrogen-bond acceptors (Lipinski definition) is 6. The molecule has 0 aliphatic heterocycles. The number of pyridine rings is 1. The lowest BCUT2D eigenvalue weighted by Gasteiger charge is -2.07. The van der Waals surface area contributed by atoms with Crippen molar-refractivity contribution < 1.29 is 0 Å². The highest BCUT2D eigenvalue weighted by molar-refractivity contribution is 7.99. The average molecular weight is 265 g/mol. The summed E-state index contributed by atoms with van der Waals surface area (Å²) in [6.45, 7) is 0.341. The second kappa shape index (κ2) is 5.15. The third kappa shape index (κ3) is 2.49. The minimum absolute atomic E-state index is 0.341. The zero-order chi connectivity index (χ0) is 13.1. The van der Waals surface area contributed by atoms with Crippen LogP contribution in [0.4, 0.5) is 0 Å². The van der Waals surface area contributed by atoms with Crippen LogP contribution in [0.15, 0.2) is 38.1 Å². The minimum Gasteiger partial charge on any atom is -0.326 e. The van der Waals surface area contributed by atoms with Crippen molar-refractivity contribution >= 4 is 11.8 Å². The lowest BCUT2D eigenvalue weighted by molar-refractivity contribution is 0.596. The van der Waals surface area contributed by atoms with Crippen LogP contribution in [0.1, 0.15) is 5.56 Å². The standard InChI is InChI=1S/C10H11N5O2S/c1-15-10(13-7(16)8(17)14-15)18-9-6(5-11)3-2-4-12-9/h2-4H,5,11H2,1H3,(H,14,17). The van der Waals surface area contributed by atoms with E-state index < -0.39 is 11.1 Å². The summed E-state index contributed by atoms with van der Waals surface area (Å²) in [6, 6.07) is 3.63. The Morgan fingerprint density at radius 2 is 2.28 bits per heavy atom. The maximum Gasteiger partial charge on any atom is 0.339 e. The number of hydrogen-bond donors (Lipinski definition) is 2. The van der Waals surface area contributed by atoms with Crippen LogP contribution >= 0.6 is 11.8 Å². The van der Waals surface area contributed by atoms with Gasteiger partial charge in [-0.25, -0.2) is 4.98 Å². The molecule has 0 aromatic carbocycles. The fourth-order valence-corrected chi connectivity index (χ4v) is 2.19. The van der Waals surface area contributed by atoms with Crippen molar-refractivity contribution in [1.29, 1.82) is 0 Å². The van der Waals surface area contributed by atoms with Gasteiger partial charge in [0.2, 0.25) is 0 Å². The molecule has 0 spiro atoms. The summed E-state index contributed by atoms with van der Waals surface area (Å²) in [5, 5.41) is 3.39. The molecule has 0 bridgehead atoms. The summed E-state index contributed by atoms with van der Waals surface area (Å²) >= 11 is 1.18. The Morgan fingerprint density at radius 3 is 3.00 bits per heavy atom. The normalized spacial score (nSPS) is 10.6. The van der Waals surface area contributed by atoms with Crippen molar-refractivity contribution in [1.82, 2.24) is 19.7 Å². The van der Waals surface area contributed by atoms with Crippen LogP contribution < -0.4 is 16.9 Å². The van der Waals surface area contributed by atoms with E-state index in [0.29, 0.717) is 16.7 Å². The molecule has 94 valence electrons. The third-order valence-corrected chi connectivity index (χ3v) is 3.31. The number of aromatic nitrogens is 4. The molecule has 2 rings (SSSR count). The highest BCUT2D eigenvalue weighted by Gasteiger charge is 2.09. The zero-order valence-electron chi connectivity index (χ0n) is 9.58. The van der Waals surface area contributed by atoms with E-state index in [-0.39, 0.29) is 0 Å². The molecule has 2 aromatic heterocycles. The lowest BCUT2D eigenvalue weighted by atomic mass is 10.3. The van der Waals surface area contributed by atoms with Crippen LogP contribution in [0.25, 0.3) is 0 Å². The SMILES string of the molecule is Cn1[nH]c(=O)c(=O)nc1Sc1ncccc1CN. The fraction of sp³-hybridized carbons (Fsp3) is 0.200. The lowest BCUT2D eigenvalue weighted by Crippen LogP contribution is -2.33. The maximum atomic E-state index is 11.2. The Bertz CT molecular complexity index is 678. The van der Waals surface area contributed by atoms with Gasteiger partial charge in [0, 0.05) is 19.8 Å². The highest BCUT2D eigenvalue weighted by Crippen LogP contribution is 2.24. The highest BCUT2D eigenvalue weighted by atomic mass is 32.2. The van der Waals surface area contributed by atoms with E-state index >= 15 is 0 Å². The van der Waals surface area contributed by atoms with Gasteiger partial charge in [-0.3, -0.25) is 19.4 Å². The summed E-state index contributed by atoms with van der Waals surface area (Å²) in [4.78, 5) is 30.1. The van der Waals surface area contributed by atoms with E-state index in [1.54, 1.807) is 19.3 Å². The summed E-state index contributed by atoms with van der Waals surface area (Å²) in [5.74, 6) is 0. The average Bonchev–Trinajstić information content (AvgIpc) is 2.36. The number of H-pyrrole nitrogens is 1. The first kappa shape index (κ1) is 12.5. The summed E-state index contributed by atoms with van der Waals surface area (Å²) in [7, 11) is 1.60. The van der Waals surface area contributed by atoms with Crippen LogP contribution in [0.2, 0.25) is 0 Å². The quantitative estimate of drug-likeness (QED) is 0.723. The van der Waals surface area contributed by atoms with Gasteiger partial charge in [-0.1, -0.05) is 6.07 Å². The smallest absolute Gasteiger partial charge is 0.326 e. The molecular formula is C10H11N5O2S. The molecule has 0 saturated carbocycles. The first-order chi connectivity index (χ1) is 8.61. The van der Waals surface area contributed by atoms with Gasteiger partial charge in [-0.15, -0.1) is 0 Å². The Balaban J connectivity index is 2.43. The zero-order valence-corrected chi connectivity index (χ0v) is 10.4. The molecule has 0 fully saturated rings. The second-order valence-corrected chi connectivity index (χ2v) is 4.43. The molecule has 18 heavy (non-hydrogen) atoms. The molecule has 7 nitrogen and oxygen atoms in total. The minimum atomic E-state index is -0.819. The number of aryl methyl sites for hydroxylation is 1. The summed E-state index contributed by atoms with van der Waals surface area (Å²) in [5.41, 5.74) is 4.88. The molecule has 0 unspecified atom stereocenters. The molecule has 0 aliphatic rings. The molecule has 8 heteroatoms. The van der Waals surface area contributed by atoms with Crippen LogP contribution in [-0.2, 0) is 13.6 Å². The maximum absolute atomic E-state index is 11.2. The monoisotopic (exact) mass is 265 g/mol. The molecule has 0 saturated heterocycles. The van der Waals surface area contributed by atoms with E-state index in [0.717, 1.165) is 5.56 Å². The summed E-state index contributed by atoms with van der Waals surface area (Å²) < 4.78 is 1.38. The van der Waals surface area contributed by atoms with Crippen LogP contribution in [0, 0.1) is 0 Å². The predicted octanol–water partition coefficient (Wildman–Crippen LogP) is -0.527. The largest absolute Gasteiger partial charge is 0.339 e. The van der Waals surface area contributed by atoms with E-state index in [1.807, 2.05) is 6.07 Å². The molecular weight excluding hydrogens is 254 g/mol. The predicted molar refractivity (Wildman–Crippen MR) is 66.4 cm³/mol. The van der Waals surface area contributed by atoms with Gasteiger partial charge in [0.05, 0.1) is 0 Å². The van der Waals surface area contributed by atoms with E-state index in [4.69, 9.17) is 5.73 Å². The second-order valence-electron chi connectivity index (χ2n) is 3.47. The number of rotatable bonds is 3. The first-order valence-corrected chi connectivity index (χ1v) is 5.92. The summed E-state index contributed by atoms with van der Waals surface area (Å²) in [6.07, 6.45) is 1.63. The van der Waals surface area contributed by atoms with Crippen molar-refractivity contribution in [2.24, 2.45) is 12.8 Å².